The lowest BCUT2D eigenvalue weighted by Crippen LogP contribution is -2.24. The first-order chi connectivity index (χ1) is 11.5. The first kappa shape index (κ1) is 16.5. The van der Waals surface area contributed by atoms with Crippen molar-refractivity contribution in [2.75, 3.05) is 18.0 Å². The molecule has 0 unspecified atom stereocenters. The van der Waals surface area contributed by atoms with E-state index in [1.54, 1.807) is 30.3 Å². The minimum absolute atomic E-state index is 0.0294. The van der Waals surface area contributed by atoms with Crippen molar-refractivity contribution >= 4 is 15.8 Å². The summed E-state index contributed by atoms with van der Waals surface area (Å²) in [4.78, 5) is 14.7. The molecule has 0 spiro atoms. The number of aryl methyl sites for hydroxylation is 1. The second-order valence-corrected chi connectivity index (χ2v) is 7.39. The van der Waals surface area contributed by atoms with E-state index in [1.165, 1.54) is 18.2 Å². The van der Waals surface area contributed by atoms with E-state index in [0.29, 0.717) is 5.69 Å². The van der Waals surface area contributed by atoms with Gasteiger partial charge in [-0.2, -0.15) is 8.42 Å². The van der Waals surface area contributed by atoms with Gasteiger partial charge in [0.25, 0.3) is 0 Å². The highest BCUT2D eigenvalue weighted by Crippen LogP contribution is 2.20. The van der Waals surface area contributed by atoms with Gasteiger partial charge in [0.05, 0.1) is 5.69 Å². The summed E-state index contributed by atoms with van der Waals surface area (Å²) in [6, 6.07) is 12.8. The Labute approximate surface area is 141 Å². The third-order valence-electron chi connectivity index (χ3n) is 4.03. The monoisotopic (exact) mass is 345 g/mol. The fourth-order valence-electron chi connectivity index (χ4n) is 2.71. The van der Waals surface area contributed by atoms with E-state index in [1.807, 2.05) is 11.8 Å². The van der Waals surface area contributed by atoms with Gasteiger partial charge in [0, 0.05) is 13.1 Å². The van der Waals surface area contributed by atoms with Crippen molar-refractivity contribution in [3.05, 3.63) is 64.3 Å². The molecule has 0 bridgehead atoms. The second kappa shape index (κ2) is 6.65. The highest BCUT2D eigenvalue weighted by Gasteiger charge is 2.21. The summed E-state index contributed by atoms with van der Waals surface area (Å²) < 4.78 is 30.0. The smallest absolute Gasteiger partial charge is 0.339 e. The van der Waals surface area contributed by atoms with Crippen LogP contribution in [0.2, 0.25) is 0 Å². The van der Waals surface area contributed by atoms with E-state index in [-0.39, 0.29) is 10.6 Å². The Bertz CT molecular complexity index is 885. The van der Waals surface area contributed by atoms with Crippen LogP contribution in [0.1, 0.15) is 18.4 Å². The summed E-state index contributed by atoms with van der Waals surface area (Å²) in [5.41, 5.74) is 1.02. The van der Waals surface area contributed by atoms with E-state index in [4.69, 9.17) is 4.18 Å². The molecule has 6 heteroatoms. The van der Waals surface area contributed by atoms with Gasteiger partial charge in [0.1, 0.15) is 4.90 Å². The topological polar surface area (TPSA) is 63.7 Å². The van der Waals surface area contributed by atoms with Crippen molar-refractivity contribution in [3.8, 4) is 5.75 Å². The van der Waals surface area contributed by atoms with Crippen molar-refractivity contribution in [2.24, 2.45) is 0 Å². The molecule has 0 radical (unpaired) electrons. The lowest BCUT2D eigenvalue weighted by Gasteiger charge is -2.15. The molecule has 126 valence electrons. The summed E-state index contributed by atoms with van der Waals surface area (Å²) >= 11 is 0. The summed E-state index contributed by atoms with van der Waals surface area (Å²) in [6.07, 6.45) is 2.05. The van der Waals surface area contributed by atoms with Gasteiger partial charge in [-0.25, -0.2) is 0 Å². The van der Waals surface area contributed by atoms with Crippen molar-refractivity contribution < 1.29 is 12.6 Å². The maximum atomic E-state index is 12.7. The minimum atomic E-state index is -4.04. The minimum Gasteiger partial charge on any atom is -0.375 e. The fraction of sp³-hybridized carbons (Fsp3) is 0.278. The summed E-state index contributed by atoms with van der Waals surface area (Å²) in [5, 5.41) is 0. The number of benzene rings is 1. The number of rotatable bonds is 4. The van der Waals surface area contributed by atoms with Gasteiger partial charge >= 0.3 is 10.1 Å². The quantitative estimate of drug-likeness (QED) is 0.797. The summed E-state index contributed by atoms with van der Waals surface area (Å²) in [5.74, 6) is -0.178. The maximum absolute atomic E-state index is 12.7. The Morgan fingerprint density at radius 2 is 1.58 bits per heavy atom. The van der Waals surface area contributed by atoms with E-state index < -0.39 is 15.5 Å². The SMILES string of the molecule is Cc1ccc(S(=O)(=O)Oc2ccccc(N3CCCC3)c2=O)cc1. The van der Waals surface area contributed by atoms with E-state index in [2.05, 4.69) is 0 Å². The van der Waals surface area contributed by atoms with Gasteiger partial charge in [-0.3, -0.25) is 4.79 Å². The Kier molecular flexibility index (Phi) is 4.57. The molecule has 1 fully saturated rings. The Hall–Kier alpha value is -2.34. The largest absolute Gasteiger partial charge is 0.375 e. The predicted molar refractivity (Wildman–Crippen MR) is 93.2 cm³/mol. The molecular formula is C18H19NO4S. The van der Waals surface area contributed by atoms with Crippen LogP contribution in [0, 0.1) is 6.92 Å². The molecule has 0 amide bonds. The van der Waals surface area contributed by atoms with Crippen LogP contribution in [0.5, 0.6) is 5.75 Å². The van der Waals surface area contributed by atoms with E-state index in [0.717, 1.165) is 31.5 Å². The van der Waals surface area contributed by atoms with Gasteiger partial charge in [0.15, 0.2) is 5.75 Å². The molecule has 0 N–H and O–H groups in total. The van der Waals surface area contributed by atoms with Crippen molar-refractivity contribution in [2.45, 2.75) is 24.7 Å². The highest BCUT2D eigenvalue weighted by molar-refractivity contribution is 7.87. The van der Waals surface area contributed by atoms with Gasteiger partial charge in [-0.1, -0.05) is 29.8 Å². The second-order valence-electron chi connectivity index (χ2n) is 5.84. The van der Waals surface area contributed by atoms with Crippen molar-refractivity contribution in [1.29, 1.82) is 0 Å². The number of anilines is 1. The van der Waals surface area contributed by atoms with Crippen LogP contribution >= 0.6 is 0 Å². The van der Waals surface area contributed by atoms with Crippen LogP contribution < -0.4 is 14.5 Å². The molecular weight excluding hydrogens is 326 g/mol. The lowest BCUT2D eigenvalue weighted by atomic mass is 10.2. The zero-order valence-corrected chi connectivity index (χ0v) is 14.3. The van der Waals surface area contributed by atoms with Gasteiger partial charge in [0.2, 0.25) is 5.43 Å². The molecule has 2 aromatic rings. The molecule has 0 aromatic heterocycles. The average molecular weight is 345 g/mol. The third-order valence-corrected chi connectivity index (χ3v) is 5.27. The van der Waals surface area contributed by atoms with Crippen LogP contribution in [0.15, 0.2) is 58.2 Å². The van der Waals surface area contributed by atoms with Gasteiger partial charge in [-0.05, 0) is 44.0 Å². The normalized spacial score (nSPS) is 14.6. The Morgan fingerprint density at radius 1 is 0.958 bits per heavy atom. The standard InChI is InChI=1S/C18H19NO4S/c1-14-8-10-15(11-9-14)24(21,22)23-17-7-3-2-6-16(18(17)20)19-12-4-5-13-19/h2-3,6-11H,4-5,12-13H2,1H3. The number of hydrogen-bond donors (Lipinski definition) is 0. The highest BCUT2D eigenvalue weighted by atomic mass is 32.2. The van der Waals surface area contributed by atoms with Crippen LogP contribution in [-0.4, -0.2) is 21.5 Å². The molecule has 0 atom stereocenters. The summed E-state index contributed by atoms with van der Waals surface area (Å²) in [6.45, 7) is 3.46. The molecule has 24 heavy (non-hydrogen) atoms. The molecule has 2 aromatic carbocycles. The maximum Gasteiger partial charge on any atom is 0.339 e. The number of nitrogens with zero attached hydrogens (tertiary/aromatic N) is 1. The van der Waals surface area contributed by atoms with E-state index in [9.17, 15) is 13.2 Å². The average Bonchev–Trinajstić information content (AvgIpc) is 3.02. The van der Waals surface area contributed by atoms with Crippen molar-refractivity contribution in [3.63, 3.8) is 0 Å². The molecule has 0 saturated carbocycles. The first-order valence-electron chi connectivity index (χ1n) is 7.87. The Balaban J connectivity index is 1.98. The molecule has 1 heterocycles. The van der Waals surface area contributed by atoms with E-state index >= 15 is 0 Å². The molecule has 1 aliphatic heterocycles. The van der Waals surface area contributed by atoms with Crippen LogP contribution in [0.4, 0.5) is 5.69 Å². The molecule has 0 aliphatic carbocycles. The van der Waals surface area contributed by atoms with Gasteiger partial charge < -0.3 is 9.08 Å². The molecule has 3 rings (SSSR count). The Morgan fingerprint density at radius 3 is 2.25 bits per heavy atom. The fourth-order valence-corrected chi connectivity index (χ4v) is 3.64. The van der Waals surface area contributed by atoms with Crippen molar-refractivity contribution in [1.82, 2.24) is 0 Å². The number of hydrogen-bond acceptors (Lipinski definition) is 5. The molecule has 5 nitrogen and oxygen atoms in total. The third kappa shape index (κ3) is 3.43. The van der Waals surface area contributed by atoms with Crippen LogP contribution in [0.25, 0.3) is 0 Å². The molecule has 1 aliphatic rings. The van der Waals surface area contributed by atoms with Gasteiger partial charge in [-0.15, -0.1) is 0 Å². The zero-order valence-electron chi connectivity index (χ0n) is 13.4. The lowest BCUT2D eigenvalue weighted by molar-refractivity contribution is 0.484. The van der Waals surface area contributed by atoms with Crippen LogP contribution in [-0.2, 0) is 10.1 Å². The summed E-state index contributed by atoms with van der Waals surface area (Å²) in [7, 11) is -4.04. The zero-order chi connectivity index (χ0) is 17.2. The molecule has 1 saturated heterocycles. The predicted octanol–water partition coefficient (Wildman–Crippen LogP) is 2.72. The first-order valence-corrected chi connectivity index (χ1v) is 9.28. The van der Waals surface area contributed by atoms with Crippen LogP contribution in [0.3, 0.4) is 0 Å².